The van der Waals surface area contributed by atoms with Crippen molar-refractivity contribution in [2.24, 2.45) is 5.41 Å². The number of benzene rings is 1. The molecule has 1 aromatic carbocycles. The predicted molar refractivity (Wildman–Crippen MR) is 83.4 cm³/mol. The van der Waals surface area contributed by atoms with Crippen LogP contribution in [0.1, 0.15) is 20.3 Å². The first kappa shape index (κ1) is 19.1. The molecule has 0 saturated carbocycles. The number of carbonyl (C=O) groups excluding carboxylic acids is 1. The fourth-order valence-corrected chi connectivity index (χ4v) is 3.01. The third-order valence-electron chi connectivity index (χ3n) is 3.13. The molecule has 0 radical (unpaired) electrons. The SMILES string of the molecule is CC(=O)Nc1ccc(S(=O)(=O)NCC(C)(CO)CC(=O)O)cc1. The Morgan fingerprint density at radius 3 is 2.22 bits per heavy atom. The van der Waals surface area contributed by atoms with Crippen LogP contribution in [0.25, 0.3) is 0 Å². The lowest BCUT2D eigenvalue weighted by molar-refractivity contribution is -0.140. The minimum absolute atomic E-state index is 0.0257. The smallest absolute Gasteiger partial charge is 0.304 e. The van der Waals surface area contributed by atoms with Crippen LogP contribution in [0.3, 0.4) is 0 Å². The van der Waals surface area contributed by atoms with E-state index in [1.807, 2.05) is 0 Å². The van der Waals surface area contributed by atoms with E-state index >= 15 is 0 Å². The quantitative estimate of drug-likeness (QED) is 0.539. The van der Waals surface area contributed by atoms with E-state index in [1.165, 1.54) is 38.1 Å². The first-order valence-corrected chi connectivity index (χ1v) is 8.26. The molecule has 8 nitrogen and oxygen atoms in total. The van der Waals surface area contributed by atoms with Crippen LogP contribution in [0.15, 0.2) is 29.2 Å². The highest BCUT2D eigenvalue weighted by atomic mass is 32.2. The number of nitrogens with one attached hydrogen (secondary N) is 2. The maximum absolute atomic E-state index is 12.2. The topological polar surface area (TPSA) is 133 Å². The van der Waals surface area contributed by atoms with Gasteiger partial charge in [0.1, 0.15) is 0 Å². The molecule has 0 bridgehead atoms. The molecule has 1 unspecified atom stereocenters. The molecule has 1 rings (SSSR count). The molecule has 1 aromatic rings. The molecule has 0 fully saturated rings. The van der Waals surface area contributed by atoms with E-state index in [4.69, 9.17) is 5.11 Å². The second-order valence-electron chi connectivity index (χ2n) is 5.57. The molecule has 0 aliphatic rings. The molecule has 0 saturated heterocycles. The van der Waals surface area contributed by atoms with Gasteiger partial charge in [-0.05, 0) is 24.3 Å². The van der Waals surface area contributed by atoms with E-state index in [0.717, 1.165) is 0 Å². The van der Waals surface area contributed by atoms with Gasteiger partial charge in [-0.1, -0.05) is 6.92 Å². The number of aliphatic hydroxyl groups is 1. The number of sulfonamides is 1. The highest BCUT2D eigenvalue weighted by Gasteiger charge is 2.29. The molecule has 0 spiro atoms. The molecule has 128 valence electrons. The summed E-state index contributed by atoms with van der Waals surface area (Å²) in [5.74, 6) is -1.40. The lowest BCUT2D eigenvalue weighted by Crippen LogP contribution is -2.39. The van der Waals surface area contributed by atoms with Gasteiger partial charge in [-0.15, -0.1) is 0 Å². The third-order valence-corrected chi connectivity index (χ3v) is 4.55. The van der Waals surface area contributed by atoms with Crippen LogP contribution in [0.5, 0.6) is 0 Å². The Bertz CT molecular complexity index is 671. The van der Waals surface area contributed by atoms with Gasteiger partial charge in [-0.25, -0.2) is 13.1 Å². The number of hydrogen-bond acceptors (Lipinski definition) is 5. The first-order valence-electron chi connectivity index (χ1n) is 6.78. The van der Waals surface area contributed by atoms with Gasteiger partial charge in [0.25, 0.3) is 0 Å². The number of carboxylic acid groups (broad SMARTS) is 1. The van der Waals surface area contributed by atoms with E-state index < -0.39 is 28.0 Å². The van der Waals surface area contributed by atoms with Gasteiger partial charge in [-0.2, -0.15) is 0 Å². The maximum atomic E-state index is 12.2. The van der Waals surface area contributed by atoms with Crippen molar-refractivity contribution in [2.75, 3.05) is 18.5 Å². The summed E-state index contributed by atoms with van der Waals surface area (Å²) in [5, 5.41) is 20.6. The number of carboxylic acids is 1. The lowest BCUT2D eigenvalue weighted by Gasteiger charge is -2.25. The van der Waals surface area contributed by atoms with Crippen molar-refractivity contribution in [2.45, 2.75) is 25.2 Å². The Balaban J connectivity index is 2.82. The summed E-state index contributed by atoms with van der Waals surface area (Å²) in [5.41, 5.74) is -0.641. The largest absolute Gasteiger partial charge is 0.481 e. The van der Waals surface area contributed by atoms with Crippen molar-refractivity contribution in [3.05, 3.63) is 24.3 Å². The number of aliphatic carboxylic acids is 1. The third kappa shape index (κ3) is 5.97. The van der Waals surface area contributed by atoms with E-state index in [2.05, 4.69) is 10.0 Å². The highest BCUT2D eigenvalue weighted by molar-refractivity contribution is 7.89. The number of anilines is 1. The van der Waals surface area contributed by atoms with Crippen LogP contribution in [-0.2, 0) is 19.6 Å². The fourth-order valence-electron chi connectivity index (χ4n) is 1.81. The minimum Gasteiger partial charge on any atom is -0.481 e. The summed E-state index contributed by atoms with van der Waals surface area (Å²) >= 11 is 0. The molecule has 4 N–H and O–H groups in total. The Labute approximate surface area is 134 Å². The van der Waals surface area contributed by atoms with Crippen molar-refractivity contribution in [1.29, 1.82) is 0 Å². The van der Waals surface area contributed by atoms with Crippen molar-refractivity contribution >= 4 is 27.6 Å². The van der Waals surface area contributed by atoms with Gasteiger partial charge in [0.2, 0.25) is 15.9 Å². The predicted octanol–water partition coefficient (Wildman–Crippen LogP) is 0.397. The zero-order valence-corrected chi connectivity index (χ0v) is 13.7. The van der Waals surface area contributed by atoms with Crippen LogP contribution in [0, 0.1) is 5.41 Å². The van der Waals surface area contributed by atoms with Gasteiger partial charge in [0, 0.05) is 24.6 Å². The normalized spacial score (nSPS) is 14.0. The molecule has 0 aliphatic heterocycles. The summed E-state index contributed by atoms with van der Waals surface area (Å²) in [6.07, 6.45) is -0.368. The van der Waals surface area contributed by atoms with Gasteiger partial charge in [0.05, 0.1) is 17.9 Å². The monoisotopic (exact) mass is 344 g/mol. The van der Waals surface area contributed by atoms with Crippen LogP contribution in [-0.4, -0.2) is 43.7 Å². The summed E-state index contributed by atoms with van der Waals surface area (Å²) in [6.45, 7) is 2.13. The lowest BCUT2D eigenvalue weighted by atomic mass is 9.88. The maximum Gasteiger partial charge on any atom is 0.304 e. The Morgan fingerprint density at radius 1 is 1.22 bits per heavy atom. The minimum atomic E-state index is -3.85. The summed E-state index contributed by atoms with van der Waals surface area (Å²) in [4.78, 5) is 21.7. The number of rotatable bonds is 8. The Kier molecular flexibility index (Phi) is 6.25. The molecule has 23 heavy (non-hydrogen) atoms. The molecule has 0 aliphatic carbocycles. The standard InChI is InChI=1S/C14H20N2O6S/c1-10(18)16-11-3-5-12(6-4-11)23(21,22)15-8-14(2,9-17)7-13(19)20/h3-6,15,17H,7-9H2,1-2H3,(H,16,18)(H,19,20). The second-order valence-corrected chi connectivity index (χ2v) is 7.34. The van der Waals surface area contributed by atoms with Gasteiger partial charge < -0.3 is 15.5 Å². The highest BCUT2D eigenvalue weighted by Crippen LogP contribution is 2.21. The van der Waals surface area contributed by atoms with Crippen molar-refractivity contribution in [3.63, 3.8) is 0 Å². The molecular weight excluding hydrogens is 324 g/mol. The average Bonchev–Trinajstić information content (AvgIpc) is 2.45. The van der Waals surface area contributed by atoms with E-state index in [-0.39, 0.29) is 23.8 Å². The van der Waals surface area contributed by atoms with Gasteiger partial charge in [0.15, 0.2) is 0 Å². The molecule has 9 heteroatoms. The summed E-state index contributed by atoms with van der Waals surface area (Å²) < 4.78 is 26.7. The average molecular weight is 344 g/mol. The molecule has 0 heterocycles. The zero-order chi connectivity index (χ0) is 17.7. The Morgan fingerprint density at radius 2 is 1.78 bits per heavy atom. The van der Waals surface area contributed by atoms with Crippen LogP contribution < -0.4 is 10.0 Å². The van der Waals surface area contributed by atoms with E-state index in [9.17, 15) is 23.1 Å². The zero-order valence-electron chi connectivity index (χ0n) is 12.9. The molecule has 1 amide bonds. The summed E-state index contributed by atoms with van der Waals surface area (Å²) in [7, 11) is -3.85. The number of amides is 1. The number of hydrogen-bond donors (Lipinski definition) is 4. The van der Waals surface area contributed by atoms with Crippen LogP contribution in [0.4, 0.5) is 5.69 Å². The van der Waals surface area contributed by atoms with E-state index in [0.29, 0.717) is 5.69 Å². The Hall–Kier alpha value is -1.97. The van der Waals surface area contributed by atoms with Crippen LogP contribution in [0.2, 0.25) is 0 Å². The summed E-state index contributed by atoms with van der Waals surface area (Å²) in [6, 6.07) is 5.53. The second kappa shape index (κ2) is 7.53. The van der Waals surface area contributed by atoms with Gasteiger partial charge >= 0.3 is 5.97 Å². The van der Waals surface area contributed by atoms with Crippen molar-refractivity contribution < 1.29 is 28.2 Å². The van der Waals surface area contributed by atoms with Crippen molar-refractivity contribution in [3.8, 4) is 0 Å². The first-order chi connectivity index (χ1) is 10.6. The fraction of sp³-hybridized carbons (Fsp3) is 0.429. The molecule has 0 aromatic heterocycles. The number of aliphatic hydroxyl groups excluding tert-OH is 1. The van der Waals surface area contributed by atoms with Gasteiger partial charge in [-0.3, -0.25) is 9.59 Å². The van der Waals surface area contributed by atoms with Crippen LogP contribution >= 0.6 is 0 Å². The van der Waals surface area contributed by atoms with E-state index in [1.54, 1.807) is 0 Å². The number of carbonyl (C=O) groups is 2. The molecule has 1 atom stereocenters. The van der Waals surface area contributed by atoms with Crippen molar-refractivity contribution in [1.82, 2.24) is 4.72 Å². The molecular formula is C14H20N2O6S.